The SMILES string of the molecule is C=C1C2=C(C=CCC2)c2ccccc21. The number of fused-ring (bicyclic) bond motifs is 2. The molecular weight excluding hydrogens is 168 g/mol. The molecule has 0 heteroatoms. The number of hydrogen-bond acceptors (Lipinski definition) is 0. The second-order valence-electron chi connectivity index (χ2n) is 3.86. The zero-order valence-electron chi connectivity index (χ0n) is 8.09. The summed E-state index contributed by atoms with van der Waals surface area (Å²) in [4.78, 5) is 0. The summed E-state index contributed by atoms with van der Waals surface area (Å²) in [5, 5.41) is 0. The van der Waals surface area contributed by atoms with Gasteiger partial charge in [-0.2, -0.15) is 0 Å². The maximum atomic E-state index is 4.19. The molecule has 1 aromatic rings. The third-order valence-electron chi connectivity index (χ3n) is 3.08. The number of allylic oxidation sites excluding steroid dienone is 5. The van der Waals surface area contributed by atoms with Crippen LogP contribution in [0.3, 0.4) is 0 Å². The largest absolute Gasteiger partial charge is 0.0908 e. The molecule has 0 spiro atoms. The maximum absolute atomic E-state index is 4.19. The van der Waals surface area contributed by atoms with Gasteiger partial charge in [0.15, 0.2) is 0 Å². The Morgan fingerprint density at radius 2 is 1.86 bits per heavy atom. The lowest BCUT2D eigenvalue weighted by molar-refractivity contribution is 1.01. The van der Waals surface area contributed by atoms with Crippen LogP contribution in [-0.4, -0.2) is 0 Å². The third kappa shape index (κ3) is 0.884. The molecule has 0 bridgehead atoms. The monoisotopic (exact) mass is 180 g/mol. The van der Waals surface area contributed by atoms with E-state index in [2.05, 4.69) is 43.0 Å². The summed E-state index contributed by atoms with van der Waals surface area (Å²) in [7, 11) is 0. The van der Waals surface area contributed by atoms with Gasteiger partial charge >= 0.3 is 0 Å². The summed E-state index contributed by atoms with van der Waals surface area (Å²) in [5.74, 6) is 0. The van der Waals surface area contributed by atoms with Crippen LogP contribution in [0.1, 0.15) is 24.0 Å². The Hall–Kier alpha value is -1.56. The second-order valence-corrected chi connectivity index (χ2v) is 3.86. The molecule has 0 radical (unpaired) electrons. The van der Waals surface area contributed by atoms with Gasteiger partial charge in [0.2, 0.25) is 0 Å². The fourth-order valence-electron chi connectivity index (χ4n) is 2.37. The highest BCUT2D eigenvalue weighted by Gasteiger charge is 2.23. The minimum absolute atomic E-state index is 1.15. The summed E-state index contributed by atoms with van der Waals surface area (Å²) < 4.78 is 0. The summed E-state index contributed by atoms with van der Waals surface area (Å²) in [6.07, 6.45) is 6.81. The van der Waals surface area contributed by atoms with Crippen molar-refractivity contribution in [1.29, 1.82) is 0 Å². The highest BCUT2D eigenvalue weighted by molar-refractivity contribution is 6.02. The Balaban J connectivity index is 2.28. The van der Waals surface area contributed by atoms with E-state index in [1.165, 1.54) is 27.8 Å². The zero-order valence-corrected chi connectivity index (χ0v) is 8.09. The van der Waals surface area contributed by atoms with Crippen LogP contribution in [-0.2, 0) is 0 Å². The van der Waals surface area contributed by atoms with Gasteiger partial charge in [0.1, 0.15) is 0 Å². The number of benzene rings is 1. The van der Waals surface area contributed by atoms with Gasteiger partial charge in [0.25, 0.3) is 0 Å². The van der Waals surface area contributed by atoms with E-state index in [0.717, 1.165) is 12.8 Å². The lowest BCUT2D eigenvalue weighted by atomic mass is 9.96. The van der Waals surface area contributed by atoms with Crippen molar-refractivity contribution in [3.05, 3.63) is 59.7 Å². The summed E-state index contributed by atoms with van der Waals surface area (Å²) >= 11 is 0. The highest BCUT2D eigenvalue weighted by Crippen LogP contribution is 2.44. The van der Waals surface area contributed by atoms with E-state index >= 15 is 0 Å². The van der Waals surface area contributed by atoms with Gasteiger partial charge in [-0.25, -0.2) is 0 Å². The third-order valence-corrected chi connectivity index (χ3v) is 3.08. The number of rotatable bonds is 0. The molecular formula is C14H12. The average molecular weight is 180 g/mol. The first kappa shape index (κ1) is 7.81. The molecule has 14 heavy (non-hydrogen) atoms. The molecule has 0 nitrogen and oxygen atoms in total. The predicted molar refractivity (Wildman–Crippen MR) is 60.8 cm³/mol. The molecule has 0 amide bonds. The molecule has 0 N–H and O–H groups in total. The van der Waals surface area contributed by atoms with Crippen LogP contribution in [0.25, 0.3) is 11.1 Å². The average Bonchev–Trinajstić information content (AvgIpc) is 2.55. The zero-order chi connectivity index (χ0) is 9.54. The Morgan fingerprint density at radius 1 is 1.07 bits per heavy atom. The van der Waals surface area contributed by atoms with Gasteiger partial charge in [-0.15, -0.1) is 0 Å². The Bertz CT molecular complexity index is 473. The van der Waals surface area contributed by atoms with Crippen molar-refractivity contribution in [3.8, 4) is 0 Å². The van der Waals surface area contributed by atoms with Gasteiger partial charge < -0.3 is 0 Å². The minimum Gasteiger partial charge on any atom is -0.0908 e. The quantitative estimate of drug-likeness (QED) is 0.569. The van der Waals surface area contributed by atoms with Crippen molar-refractivity contribution in [2.24, 2.45) is 0 Å². The van der Waals surface area contributed by atoms with E-state index < -0.39 is 0 Å². The standard InChI is InChI=1S/C14H12/c1-10-11-6-2-4-8-13(11)14-9-5-3-7-12(10)14/h2,4-6,8-9H,1,3,7H2. The van der Waals surface area contributed by atoms with Crippen molar-refractivity contribution in [2.45, 2.75) is 12.8 Å². The van der Waals surface area contributed by atoms with Gasteiger partial charge in [0.05, 0.1) is 0 Å². The van der Waals surface area contributed by atoms with E-state index in [0.29, 0.717) is 0 Å². The van der Waals surface area contributed by atoms with Gasteiger partial charge in [-0.1, -0.05) is 43.0 Å². The molecule has 1 aromatic carbocycles. The molecule has 2 aliphatic rings. The van der Waals surface area contributed by atoms with Crippen molar-refractivity contribution >= 4 is 11.1 Å². The predicted octanol–water partition coefficient (Wildman–Crippen LogP) is 3.82. The van der Waals surface area contributed by atoms with Gasteiger partial charge in [-0.05, 0) is 40.7 Å². The fourth-order valence-corrected chi connectivity index (χ4v) is 2.37. The molecule has 68 valence electrons. The number of hydrogen-bond donors (Lipinski definition) is 0. The molecule has 0 aliphatic heterocycles. The summed E-state index contributed by atoms with van der Waals surface area (Å²) in [6, 6.07) is 8.55. The van der Waals surface area contributed by atoms with Crippen molar-refractivity contribution in [1.82, 2.24) is 0 Å². The van der Waals surface area contributed by atoms with E-state index in [9.17, 15) is 0 Å². The Kier molecular flexibility index (Phi) is 1.51. The van der Waals surface area contributed by atoms with E-state index in [4.69, 9.17) is 0 Å². The van der Waals surface area contributed by atoms with Crippen LogP contribution in [0, 0.1) is 0 Å². The van der Waals surface area contributed by atoms with Crippen LogP contribution in [0.15, 0.2) is 48.6 Å². The first-order chi connectivity index (χ1) is 6.88. The Morgan fingerprint density at radius 3 is 2.71 bits per heavy atom. The van der Waals surface area contributed by atoms with Gasteiger partial charge in [0, 0.05) is 0 Å². The first-order valence-electron chi connectivity index (χ1n) is 5.06. The smallest absolute Gasteiger partial charge is 0.0103 e. The molecule has 3 rings (SSSR count). The lowest BCUT2D eigenvalue weighted by Gasteiger charge is -2.08. The molecule has 0 aromatic heterocycles. The molecule has 0 saturated heterocycles. The van der Waals surface area contributed by atoms with Gasteiger partial charge in [-0.3, -0.25) is 0 Å². The van der Waals surface area contributed by atoms with E-state index in [1.807, 2.05) is 0 Å². The van der Waals surface area contributed by atoms with Crippen LogP contribution < -0.4 is 0 Å². The summed E-state index contributed by atoms with van der Waals surface area (Å²) in [5.41, 5.74) is 6.78. The van der Waals surface area contributed by atoms with Crippen LogP contribution in [0.2, 0.25) is 0 Å². The molecule has 0 fully saturated rings. The van der Waals surface area contributed by atoms with Crippen LogP contribution in [0.5, 0.6) is 0 Å². The summed E-state index contributed by atoms with van der Waals surface area (Å²) in [6.45, 7) is 4.19. The topological polar surface area (TPSA) is 0 Å². The first-order valence-corrected chi connectivity index (χ1v) is 5.06. The van der Waals surface area contributed by atoms with Crippen molar-refractivity contribution in [3.63, 3.8) is 0 Å². The van der Waals surface area contributed by atoms with Crippen molar-refractivity contribution < 1.29 is 0 Å². The molecule has 0 saturated carbocycles. The normalized spacial score (nSPS) is 18.4. The highest BCUT2D eigenvalue weighted by atomic mass is 14.3. The van der Waals surface area contributed by atoms with E-state index in [1.54, 1.807) is 0 Å². The van der Waals surface area contributed by atoms with E-state index in [-0.39, 0.29) is 0 Å². The van der Waals surface area contributed by atoms with Crippen LogP contribution >= 0.6 is 0 Å². The minimum atomic E-state index is 1.15. The molecule has 0 atom stereocenters. The molecule has 2 aliphatic carbocycles. The fraction of sp³-hybridized carbons (Fsp3) is 0.143. The maximum Gasteiger partial charge on any atom is -0.0103 e. The molecule has 0 heterocycles. The lowest BCUT2D eigenvalue weighted by Crippen LogP contribution is -1.87. The molecule has 0 unspecified atom stereocenters. The van der Waals surface area contributed by atoms with Crippen molar-refractivity contribution in [2.75, 3.05) is 0 Å². The Labute approximate surface area is 84.3 Å². The van der Waals surface area contributed by atoms with Crippen LogP contribution in [0.4, 0.5) is 0 Å². The second kappa shape index (κ2) is 2.71.